The summed E-state index contributed by atoms with van der Waals surface area (Å²) < 4.78 is 26.0. The van der Waals surface area contributed by atoms with E-state index in [2.05, 4.69) is 0 Å². The van der Waals surface area contributed by atoms with Gasteiger partial charge in [-0.3, -0.25) is 10.1 Å². The van der Waals surface area contributed by atoms with E-state index in [1.54, 1.807) is 0 Å². The summed E-state index contributed by atoms with van der Waals surface area (Å²) in [5, 5.41) is 9.89. The van der Waals surface area contributed by atoms with Crippen molar-refractivity contribution in [1.29, 1.82) is 0 Å². The van der Waals surface area contributed by atoms with Crippen molar-refractivity contribution < 1.29 is 13.7 Å². The molecule has 0 aromatic carbocycles. The molecule has 5 heteroatoms. The Morgan fingerprint density at radius 2 is 2.38 bits per heavy atom. The Morgan fingerprint density at radius 1 is 1.69 bits per heavy atom. The third kappa shape index (κ3) is 2.77. The van der Waals surface area contributed by atoms with Gasteiger partial charge in [-0.15, -0.1) is 0 Å². The lowest BCUT2D eigenvalue weighted by molar-refractivity contribution is -0.403. The first-order valence-corrected chi connectivity index (χ1v) is 3.57. The maximum Gasteiger partial charge on any atom is 0.234 e. The number of nitro groups is 1. The number of hydrogen-bond donors (Lipinski definition) is 0. The molecule has 1 rings (SSSR count). The summed E-state index contributed by atoms with van der Waals surface area (Å²) in [5.74, 6) is -0.627. The van der Waals surface area contributed by atoms with E-state index < -0.39 is 22.8 Å². The second kappa shape index (κ2) is 3.47. The van der Waals surface area contributed by atoms with Crippen LogP contribution < -0.4 is 0 Å². The third-order valence-corrected chi connectivity index (χ3v) is 1.56. The highest BCUT2D eigenvalue weighted by atomic mass is 19.1. The van der Waals surface area contributed by atoms with Crippen molar-refractivity contribution in [3.05, 3.63) is 46.4 Å². The zero-order chi connectivity index (χ0) is 9.90. The Morgan fingerprint density at radius 3 is 2.92 bits per heavy atom. The van der Waals surface area contributed by atoms with Gasteiger partial charge in [-0.1, -0.05) is 6.08 Å². The average Bonchev–Trinajstić information content (AvgIpc) is 2.01. The van der Waals surface area contributed by atoms with Gasteiger partial charge < -0.3 is 0 Å². The quantitative estimate of drug-likeness (QED) is 0.491. The Balaban J connectivity index is 2.74. The minimum atomic E-state index is -2.06. The topological polar surface area (TPSA) is 43.1 Å². The minimum absolute atomic E-state index is 0.475. The SMILES string of the molecule is O=[N+]([O-])/C=C/C1(F)C=CC=C(F)C1. The lowest BCUT2D eigenvalue weighted by atomic mass is 9.97. The standard InChI is InChI=1S/C8H7F2NO2/c9-7-2-1-3-8(10,6-7)4-5-11(12)13/h1-5H,6H2/b5-4+. The fourth-order valence-corrected chi connectivity index (χ4v) is 0.988. The van der Waals surface area contributed by atoms with Crippen molar-refractivity contribution in [1.82, 2.24) is 0 Å². The maximum absolute atomic E-state index is 13.4. The van der Waals surface area contributed by atoms with Crippen LogP contribution in [0.5, 0.6) is 0 Å². The Kier molecular flexibility index (Phi) is 2.55. The van der Waals surface area contributed by atoms with Crippen molar-refractivity contribution >= 4 is 0 Å². The summed E-state index contributed by atoms with van der Waals surface area (Å²) in [6, 6.07) is 0. The molecule has 0 bridgehead atoms. The van der Waals surface area contributed by atoms with E-state index in [1.807, 2.05) is 0 Å². The molecule has 70 valence electrons. The summed E-state index contributed by atoms with van der Waals surface area (Å²) in [4.78, 5) is 9.10. The molecule has 0 N–H and O–H groups in total. The zero-order valence-corrected chi connectivity index (χ0v) is 6.61. The summed E-state index contributed by atoms with van der Waals surface area (Å²) in [7, 11) is 0. The van der Waals surface area contributed by atoms with Gasteiger partial charge in [0.15, 0.2) is 5.67 Å². The average molecular weight is 187 g/mol. The number of nitrogens with zero attached hydrogens (tertiary/aromatic N) is 1. The van der Waals surface area contributed by atoms with Crippen LogP contribution in [0.25, 0.3) is 0 Å². The van der Waals surface area contributed by atoms with Gasteiger partial charge in [-0.05, 0) is 12.2 Å². The van der Waals surface area contributed by atoms with Crippen LogP contribution in [-0.4, -0.2) is 10.6 Å². The molecule has 3 nitrogen and oxygen atoms in total. The highest BCUT2D eigenvalue weighted by Gasteiger charge is 2.28. The number of rotatable bonds is 2. The molecule has 0 aromatic heterocycles. The molecule has 0 radical (unpaired) electrons. The van der Waals surface area contributed by atoms with E-state index in [1.165, 1.54) is 6.08 Å². The van der Waals surface area contributed by atoms with Crippen LogP contribution in [-0.2, 0) is 0 Å². The van der Waals surface area contributed by atoms with E-state index in [-0.39, 0.29) is 0 Å². The summed E-state index contributed by atoms with van der Waals surface area (Å²) in [6.45, 7) is 0. The highest BCUT2D eigenvalue weighted by molar-refractivity contribution is 5.26. The number of halogens is 2. The van der Waals surface area contributed by atoms with Crippen LogP contribution in [0.4, 0.5) is 8.78 Å². The van der Waals surface area contributed by atoms with Crippen molar-refractivity contribution in [2.75, 3.05) is 0 Å². The smallest absolute Gasteiger partial charge is 0.234 e. The monoisotopic (exact) mass is 187 g/mol. The van der Waals surface area contributed by atoms with Crippen LogP contribution >= 0.6 is 0 Å². The van der Waals surface area contributed by atoms with Gasteiger partial charge in [0.1, 0.15) is 5.83 Å². The Bertz CT molecular complexity index is 309. The molecule has 0 heterocycles. The van der Waals surface area contributed by atoms with Gasteiger partial charge in [0.2, 0.25) is 6.20 Å². The summed E-state index contributed by atoms with van der Waals surface area (Å²) in [5.41, 5.74) is -2.06. The molecule has 0 aliphatic heterocycles. The molecule has 0 saturated carbocycles. The number of allylic oxidation sites excluding steroid dienone is 5. The first-order chi connectivity index (χ1) is 6.02. The first kappa shape index (κ1) is 9.57. The fraction of sp³-hybridized carbons (Fsp3) is 0.250. The van der Waals surface area contributed by atoms with E-state index in [0.29, 0.717) is 6.20 Å². The lowest BCUT2D eigenvalue weighted by Crippen LogP contribution is -2.18. The molecule has 13 heavy (non-hydrogen) atoms. The largest absolute Gasteiger partial charge is 0.259 e. The third-order valence-electron chi connectivity index (χ3n) is 1.56. The van der Waals surface area contributed by atoms with Crippen molar-refractivity contribution in [2.45, 2.75) is 12.1 Å². The summed E-state index contributed by atoms with van der Waals surface area (Å²) >= 11 is 0. The predicted molar refractivity (Wildman–Crippen MR) is 42.9 cm³/mol. The molecule has 1 atom stereocenters. The normalized spacial score (nSPS) is 27.7. The van der Waals surface area contributed by atoms with Crippen molar-refractivity contribution in [3.8, 4) is 0 Å². The lowest BCUT2D eigenvalue weighted by Gasteiger charge is -2.17. The maximum atomic E-state index is 13.4. The number of alkyl halides is 1. The van der Waals surface area contributed by atoms with Gasteiger partial charge >= 0.3 is 0 Å². The van der Waals surface area contributed by atoms with E-state index >= 15 is 0 Å². The van der Waals surface area contributed by atoms with E-state index in [0.717, 1.165) is 18.2 Å². The van der Waals surface area contributed by atoms with Gasteiger partial charge in [0.25, 0.3) is 0 Å². The Labute approximate surface area is 73.2 Å². The van der Waals surface area contributed by atoms with Crippen LogP contribution in [0.3, 0.4) is 0 Å². The predicted octanol–water partition coefficient (Wildman–Crippen LogP) is 2.30. The molecule has 1 aliphatic carbocycles. The van der Waals surface area contributed by atoms with Gasteiger partial charge in [0.05, 0.1) is 4.92 Å². The number of hydrogen-bond acceptors (Lipinski definition) is 2. The fourth-order valence-electron chi connectivity index (χ4n) is 0.988. The molecular formula is C8H7F2NO2. The summed E-state index contributed by atoms with van der Waals surface area (Å²) in [6.07, 6.45) is 4.13. The van der Waals surface area contributed by atoms with Crippen LogP contribution in [0.15, 0.2) is 36.3 Å². The van der Waals surface area contributed by atoms with Gasteiger partial charge in [-0.25, -0.2) is 8.78 Å². The molecule has 1 unspecified atom stereocenters. The molecule has 0 fully saturated rings. The van der Waals surface area contributed by atoms with Gasteiger partial charge in [0, 0.05) is 12.5 Å². The first-order valence-electron chi connectivity index (χ1n) is 3.57. The molecule has 0 amide bonds. The Hall–Kier alpha value is -1.52. The van der Waals surface area contributed by atoms with Crippen LogP contribution in [0.2, 0.25) is 0 Å². The van der Waals surface area contributed by atoms with Gasteiger partial charge in [-0.2, -0.15) is 0 Å². The molecule has 0 saturated heterocycles. The second-order valence-electron chi connectivity index (χ2n) is 2.68. The molecule has 1 aliphatic rings. The molecular weight excluding hydrogens is 180 g/mol. The van der Waals surface area contributed by atoms with Crippen LogP contribution in [0.1, 0.15) is 6.42 Å². The van der Waals surface area contributed by atoms with Crippen molar-refractivity contribution in [2.24, 2.45) is 0 Å². The highest BCUT2D eigenvalue weighted by Crippen LogP contribution is 2.28. The van der Waals surface area contributed by atoms with Crippen LogP contribution in [0, 0.1) is 10.1 Å². The minimum Gasteiger partial charge on any atom is -0.259 e. The van der Waals surface area contributed by atoms with E-state index in [4.69, 9.17) is 0 Å². The zero-order valence-electron chi connectivity index (χ0n) is 6.61. The molecule has 0 aromatic rings. The second-order valence-corrected chi connectivity index (χ2v) is 2.68. The van der Waals surface area contributed by atoms with E-state index in [9.17, 15) is 18.9 Å². The molecule has 0 spiro atoms. The van der Waals surface area contributed by atoms with Crippen molar-refractivity contribution in [3.63, 3.8) is 0 Å².